The van der Waals surface area contributed by atoms with E-state index in [-0.39, 0.29) is 11.7 Å². The number of hydrogen-bond donors (Lipinski definition) is 1. The number of amides is 1. The first-order chi connectivity index (χ1) is 11.1. The van der Waals surface area contributed by atoms with Gasteiger partial charge in [0.05, 0.1) is 0 Å². The van der Waals surface area contributed by atoms with Gasteiger partial charge in [0.2, 0.25) is 5.91 Å². The summed E-state index contributed by atoms with van der Waals surface area (Å²) < 4.78 is 0. The standard InChI is InChI=1S/C18H20ClNO2S/c1-20(13-14-5-2-3-6-17(14)19)18(22)7-4-12-23-16-10-8-15(21)9-11-16/h2-3,5-6,8-11,21H,4,7,12-13H2,1H3. The van der Waals surface area contributed by atoms with Crippen LogP contribution in [0.4, 0.5) is 0 Å². The van der Waals surface area contributed by atoms with Crippen molar-refractivity contribution in [3.05, 3.63) is 59.1 Å². The summed E-state index contributed by atoms with van der Waals surface area (Å²) in [6.45, 7) is 0.531. The Morgan fingerprint density at radius 1 is 1.17 bits per heavy atom. The van der Waals surface area contributed by atoms with Crippen molar-refractivity contribution in [2.24, 2.45) is 0 Å². The molecule has 0 aromatic heterocycles. The Bertz CT molecular complexity index is 646. The Hall–Kier alpha value is -1.65. The lowest BCUT2D eigenvalue weighted by Crippen LogP contribution is -2.26. The molecule has 0 aliphatic heterocycles. The Morgan fingerprint density at radius 3 is 2.57 bits per heavy atom. The van der Waals surface area contributed by atoms with Crippen LogP contribution in [0, 0.1) is 0 Å². The molecule has 0 bridgehead atoms. The maximum absolute atomic E-state index is 12.2. The molecule has 2 aromatic carbocycles. The van der Waals surface area contributed by atoms with Gasteiger partial charge in [0.1, 0.15) is 5.75 Å². The molecular weight excluding hydrogens is 330 g/mol. The van der Waals surface area contributed by atoms with Crippen molar-refractivity contribution in [3.8, 4) is 5.75 Å². The number of carbonyl (C=O) groups excluding carboxylic acids is 1. The van der Waals surface area contributed by atoms with E-state index < -0.39 is 0 Å². The van der Waals surface area contributed by atoms with Crippen LogP contribution < -0.4 is 0 Å². The molecule has 2 rings (SSSR count). The summed E-state index contributed by atoms with van der Waals surface area (Å²) in [5, 5.41) is 9.92. The van der Waals surface area contributed by atoms with Gasteiger partial charge in [-0.05, 0) is 48.1 Å². The normalized spacial score (nSPS) is 10.5. The van der Waals surface area contributed by atoms with Crippen molar-refractivity contribution in [1.82, 2.24) is 4.90 Å². The molecule has 0 spiro atoms. The summed E-state index contributed by atoms with van der Waals surface area (Å²) in [6.07, 6.45) is 1.34. The van der Waals surface area contributed by atoms with Gasteiger partial charge in [0, 0.05) is 29.9 Å². The lowest BCUT2D eigenvalue weighted by molar-refractivity contribution is -0.130. The predicted molar refractivity (Wildman–Crippen MR) is 96.0 cm³/mol. The monoisotopic (exact) mass is 349 g/mol. The summed E-state index contributed by atoms with van der Waals surface area (Å²) in [5.41, 5.74) is 0.962. The number of phenols is 1. The van der Waals surface area contributed by atoms with E-state index in [0.29, 0.717) is 18.0 Å². The van der Waals surface area contributed by atoms with Gasteiger partial charge in [-0.3, -0.25) is 4.79 Å². The number of phenolic OH excluding ortho intramolecular Hbond substituents is 1. The van der Waals surface area contributed by atoms with Crippen LogP contribution in [0.5, 0.6) is 5.75 Å². The highest BCUT2D eigenvalue weighted by Crippen LogP contribution is 2.22. The third kappa shape index (κ3) is 5.81. The van der Waals surface area contributed by atoms with Crippen LogP contribution in [0.2, 0.25) is 5.02 Å². The molecule has 0 radical (unpaired) electrons. The molecule has 0 unspecified atom stereocenters. The number of hydrogen-bond acceptors (Lipinski definition) is 3. The van der Waals surface area contributed by atoms with E-state index in [1.807, 2.05) is 36.4 Å². The molecule has 0 saturated carbocycles. The second-order valence-electron chi connectivity index (χ2n) is 5.29. The molecule has 1 amide bonds. The Morgan fingerprint density at radius 2 is 1.87 bits per heavy atom. The van der Waals surface area contributed by atoms with Crippen molar-refractivity contribution >= 4 is 29.3 Å². The molecule has 23 heavy (non-hydrogen) atoms. The Labute approximate surface area is 146 Å². The number of thioether (sulfide) groups is 1. The van der Waals surface area contributed by atoms with Gasteiger partial charge < -0.3 is 10.0 Å². The van der Waals surface area contributed by atoms with Crippen molar-refractivity contribution in [2.45, 2.75) is 24.3 Å². The molecule has 3 nitrogen and oxygen atoms in total. The van der Waals surface area contributed by atoms with Gasteiger partial charge in [-0.25, -0.2) is 0 Å². The number of rotatable bonds is 7. The fourth-order valence-corrected chi connectivity index (χ4v) is 3.17. The number of halogens is 1. The Kier molecular flexibility index (Phi) is 6.81. The quantitative estimate of drug-likeness (QED) is 0.587. The van der Waals surface area contributed by atoms with E-state index >= 15 is 0 Å². The fourth-order valence-electron chi connectivity index (χ4n) is 2.12. The molecular formula is C18H20ClNO2S. The van der Waals surface area contributed by atoms with E-state index in [9.17, 15) is 9.90 Å². The zero-order valence-electron chi connectivity index (χ0n) is 13.0. The number of benzene rings is 2. The van der Waals surface area contributed by atoms with Gasteiger partial charge in [0.25, 0.3) is 0 Å². The lowest BCUT2D eigenvalue weighted by atomic mass is 10.2. The molecule has 0 aliphatic rings. The molecule has 0 aliphatic carbocycles. The summed E-state index contributed by atoms with van der Waals surface area (Å²) in [7, 11) is 1.80. The maximum Gasteiger partial charge on any atom is 0.222 e. The second kappa shape index (κ2) is 8.85. The summed E-state index contributed by atoms with van der Waals surface area (Å²) >= 11 is 7.81. The van der Waals surface area contributed by atoms with Crippen LogP contribution >= 0.6 is 23.4 Å². The van der Waals surface area contributed by atoms with Crippen molar-refractivity contribution in [2.75, 3.05) is 12.8 Å². The van der Waals surface area contributed by atoms with E-state index in [1.165, 1.54) is 0 Å². The molecule has 1 N–H and O–H groups in total. The summed E-state index contributed by atoms with van der Waals surface area (Å²) in [4.78, 5) is 15.0. The van der Waals surface area contributed by atoms with Crippen molar-refractivity contribution in [3.63, 3.8) is 0 Å². The number of carbonyl (C=O) groups is 1. The Balaban J connectivity index is 1.72. The fraction of sp³-hybridized carbons (Fsp3) is 0.278. The van der Waals surface area contributed by atoms with Crippen molar-refractivity contribution < 1.29 is 9.90 Å². The van der Waals surface area contributed by atoms with Crippen LogP contribution in [-0.2, 0) is 11.3 Å². The summed E-state index contributed by atoms with van der Waals surface area (Å²) in [5.74, 6) is 1.26. The molecule has 2 aromatic rings. The minimum Gasteiger partial charge on any atom is -0.508 e. The van der Waals surface area contributed by atoms with Crippen LogP contribution in [0.25, 0.3) is 0 Å². The van der Waals surface area contributed by atoms with Crippen LogP contribution in [-0.4, -0.2) is 28.7 Å². The van der Waals surface area contributed by atoms with Gasteiger partial charge in [-0.1, -0.05) is 29.8 Å². The van der Waals surface area contributed by atoms with Crippen LogP contribution in [0.3, 0.4) is 0 Å². The van der Waals surface area contributed by atoms with E-state index in [2.05, 4.69) is 0 Å². The molecule has 5 heteroatoms. The largest absolute Gasteiger partial charge is 0.508 e. The predicted octanol–water partition coefficient (Wildman–Crippen LogP) is 4.58. The van der Waals surface area contributed by atoms with Crippen molar-refractivity contribution in [1.29, 1.82) is 0 Å². The lowest BCUT2D eigenvalue weighted by Gasteiger charge is -2.18. The van der Waals surface area contributed by atoms with Gasteiger partial charge in [-0.2, -0.15) is 0 Å². The van der Waals surface area contributed by atoms with Gasteiger partial charge >= 0.3 is 0 Å². The third-order valence-corrected chi connectivity index (χ3v) is 4.90. The topological polar surface area (TPSA) is 40.5 Å². The first-order valence-electron chi connectivity index (χ1n) is 7.45. The number of nitrogens with zero attached hydrogens (tertiary/aromatic N) is 1. The van der Waals surface area contributed by atoms with E-state index in [1.54, 1.807) is 35.8 Å². The van der Waals surface area contributed by atoms with Crippen LogP contribution in [0.15, 0.2) is 53.4 Å². The van der Waals surface area contributed by atoms with E-state index in [0.717, 1.165) is 22.6 Å². The molecule has 122 valence electrons. The third-order valence-electron chi connectivity index (χ3n) is 3.43. The minimum absolute atomic E-state index is 0.122. The van der Waals surface area contributed by atoms with Gasteiger partial charge in [0.15, 0.2) is 0 Å². The highest BCUT2D eigenvalue weighted by atomic mass is 35.5. The highest BCUT2D eigenvalue weighted by molar-refractivity contribution is 7.99. The maximum atomic E-state index is 12.2. The average Bonchev–Trinajstić information content (AvgIpc) is 2.55. The van der Waals surface area contributed by atoms with E-state index in [4.69, 9.17) is 11.6 Å². The molecule has 0 saturated heterocycles. The first kappa shape index (κ1) is 17.7. The zero-order valence-corrected chi connectivity index (χ0v) is 14.6. The SMILES string of the molecule is CN(Cc1ccccc1Cl)C(=O)CCCSc1ccc(O)cc1. The van der Waals surface area contributed by atoms with Gasteiger partial charge in [-0.15, -0.1) is 11.8 Å². The first-order valence-corrected chi connectivity index (χ1v) is 8.82. The average molecular weight is 350 g/mol. The van der Waals surface area contributed by atoms with Crippen LogP contribution in [0.1, 0.15) is 18.4 Å². The summed E-state index contributed by atoms with van der Waals surface area (Å²) in [6, 6.07) is 14.7. The smallest absolute Gasteiger partial charge is 0.222 e. The second-order valence-corrected chi connectivity index (χ2v) is 6.86. The number of aromatic hydroxyl groups is 1. The molecule has 0 heterocycles. The highest BCUT2D eigenvalue weighted by Gasteiger charge is 2.10. The minimum atomic E-state index is 0.122. The molecule has 0 atom stereocenters. The molecule has 0 fully saturated rings. The zero-order chi connectivity index (χ0) is 16.7.